The third kappa shape index (κ3) is 4.80. The molecule has 0 aromatic heterocycles. The highest BCUT2D eigenvalue weighted by Gasteiger charge is 2.29. The van der Waals surface area contributed by atoms with Crippen LogP contribution in [-0.4, -0.2) is 25.1 Å². The minimum atomic E-state index is -0.385. The van der Waals surface area contributed by atoms with Crippen LogP contribution in [0.25, 0.3) is 0 Å². The van der Waals surface area contributed by atoms with Gasteiger partial charge in [0.1, 0.15) is 18.4 Å². The molecule has 0 heterocycles. The summed E-state index contributed by atoms with van der Waals surface area (Å²) in [4.78, 5) is 0. The molecule has 0 saturated heterocycles. The van der Waals surface area contributed by atoms with Gasteiger partial charge >= 0.3 is 0 Å². The Morgan fingerprint density at radius 2 is 1.83 bits per heavy atom. The molecule has 0 spiro atoms. The first-order valence-corrected chi connectivity index (χ1v) is 10.7. The first kappa shape index (κ1) is 21.8. The SMILES string of the molecule is CC(C)(c1ccc(OCC2CC(N)C2)cc1)c1ccc(C#N)c(OCCCl)c1Cl. The van der Waals surface area contributed by atoms with Gasteiger partial charge in [-0.2, -0.15) is 5.26 Å². The fraction of sp³-hybridized carbons (Fsp3) is 0.435. The number of hydrogen-bond acceptors (Lipinski definition) is 4. The zero-order valence-corrected chi connectivity index (χ0v) is 18.3. The lowest BCUT2D eigenvalue weighted by Gasteiger charge is -2.32. The second-order valence-corrected chi connectivity index (χ2v) is 8.77. The van der Waals surface area contributed by atoms with Crippen molar-refractivity contribution >= 4 is 23.2 Å². The van der Waals surface area contributed by atoms with Crippen molar-refractivity contribution in [2.75, 3.05) is 19.1 Å². The van der Waals surface area contributed by atoms with Crippen molar-refractivity contribution in [1.82, 2.24) is 0 Å². The van der Waals surface area contributed by atoms with Crippen LogP contribution < -0.4 is 15.2 Å². The second-order valence-electron chi connectivity index (χ2n) is 8.01. The van der Waals surface area contributed by atoms with Crippen molar-refractivity contribution in [2.45, 2.75) is 38.1 Å². The minimum absolute atomic E-state index is 0.289. The zero-order valence-electron chi connectivity index (χ0n) is 16.8. The van der Waals surface area contributed by atoms with Gasteiger partial charge in [-0.1, -0.05) is 43.6 Å². The van der Waals surface area contributed by atoms with Crippen LogP contribution in [0.1, 0.15) is 43.4 Å². The Balaban J connectivity index is 1.80. The molecule has 0 atom stereocenters. The van der Waals surface area contributed by atoms with Crippen LogP contribution in [0.15, 0.2) is 36.4 Å². The third-order valence-electron chi connectivity index (χ3n) is 5.55. The van der Waals surface area contributed by atoms with Crippen LogP contribution >= 0.6 is 23.2 Å². The highest BCUT2D eigenvalue weighted by molar-refractivity contribution is 6.33. The fourth-order valence-electron chi connectivity index (χ4n) is 3.67. The third-order valence-corrected chi connectivity index (χ3v) is 6.08. The van der Waals surface area contributed by atoms with Crippen LogP contribution in [-0.2, 0) is 5.41 Å². The van der Waals surface area contributed by atoms with Crippen molar-refractivity contribution in [3.63, 3.8) is 0 Å². The molecule has 29 heavy (non-hydrogen) atoms. The highest BCUT2D eigenvalue weighted by Crippen LogP contribution is 2.42. The normalized spacial score (nSPS) is 18.6. The Labute approximate surface area is 182 Å². The van der Waals surface area contributed by atoms with Crippen LogP contribution in [0, 0.1) is 17.2 Å². The Morgan fingerprint density at radius 3 is 2.41 bits per heavy atom. The summed E-state index contributed by atoms with van der Waals surface area (Å²) in [7, 11) is 0. The number of rotatable bonds is 8. The van der Waals surface area contributed by atoms with Crippen molar-refractivity contribution in [1.29, 1.82) is 5.26 Å². The van der Waals surface area contributed by atoms with E-state index >= 15 is 0 Å². The molecule has 154 valence electrons. The summed E-state index contributed by atoms with van der Waals surface area (Å²) >= 11 is 12.4. The van der Waals surface area contributed by atoms with Gasteiger partial charge in [-0.3, -0.25) is 0 Å². The van der Waals surface area contributed by atoms with Crippen molar-refractivity contribution in [3.05, 3.63) is 58.1 Å². The molecule has 4 nitrogen and oxygen atoms in total. The van der Waals surface area contributed by atoms with Crippen LogP contribution in [0.2, 0.25) is 5.02 Å². The summed E-state index contributed by atoms with van der Waals surface area (Å²) < 4.78 is 11.6. The molecule has 0 amide bonds. The molecule has 0 bridgehead atoms. The Kier molecular flexibility index (Phi) is 6.95. The number of halogens is 2. The van der Waals surface area contributed by atoms with Gasteiger partial charge in [0.25, 0.3) is 0 Å². The van der Waals surface area contributed by atoms with E-state index in [1.54, 1.807) is 6.07 Å². The van der Waals surface area contributed by atoms with E-state index in [4.69, 9.17) is 38.4 Å². The predicted octanol–water partition coefficient (Wildman–Crippen LogP) is 5.27. The number of hydrogen-bond donors (Lipinski definition) is 1. The topological polar surface area (TPSA) is 68.3 Å². The minimum Gasteiger partial charge on any atom is -0.493 e. The van der Waals surface area contributed by atoms with Crippen LogP contribution in [0.3, 0.4) is 0 Å². The summed E-state index contributed by atoms with van der Waals surface area (Å²) in [6.45, 7) is 5.19. The fourth-order valence-corrected chi connectivity index (χ4v) is 4.20. The molecule has 6 heteroatoms. The lowest BCUT2D eigenvalue weighted by Crippen LogP contribution is -2.39. The van der Waals surface area contributed by atoms with Gasteiger partial charge in [0.05, 0.1) is 23.1 Å². The van der Waals surface area contributed by atoms with E-state index in [0.29, 0.717) is 40.8 Å². The number of nitrogens with zero attached hydrogens (tertiary/aromatic N) is 1. The quantitative estimate of drug-likeness (QED) is 0.576. The lowest BCUT2D eigenvalue weighted by molar-refractivity contribution is 0.160. The number of nitriles is 1. The molecule has 1 aliphatic rings. The summed E-state index contributed by atoms with van der Waals surface area (Å²) in [6, 6.07) is 14.2. The van der Waals surface area contributed by atoms with E-state index in [1.807, 2.05) is 18.2 Å². The van der Waals surface area contributed by atoms with Crippen molar-refractivity contribution in [3.8, 4) is 17.6 Å². The second kappa shape index (κ2) is 9.26. The van der Waals surface area contributed by atoms with Crippen molar-refractivity contribution < 1.29 is 9.47 Å². The molecule has 2 aromatic rings. The maximum absolute atomic E-state index is 9.37. The van der Waals surface area contributed by atoms with Gasteiger partial charge in [0, 0.05) is 11.5 Å². The van der Waals surface area contributed by atoms with Gasteiger partial charge < -0.3 is 15.2 Å². The molecular weight excluding hydrogens is 407 g/mol. The molecule has 2 N–H and O–H groups in total. The molecule has 2 aromatic carbocycles. The molecule has 0 radical (unpaired) electrons. The van der Waals surface area contributed by atoms with E-state index in [2.05, 4.69) is 32.0 Å². The number of nitrogens with two attached hydrogens (primary N) is 1. The largest absolute Gasteiger partial charge is 0.493 e. The zero-order chi connectivity index (χ0) is 21.0. The Morgan fingerprint density at radius 1 is 1.14 bits per heavy atom. The van der Waals surface area contributed by atoms with Gasteiger partial charge in [-0.05, 0) is 48.1 Å². The summed E-state index contributed by atoms with van der Waals surface area (Å²) in [5.74, 6) is 2.12. The van der Waals surface area contributed by atoms with E-state index in [1.165, 1.54) is 0 Å². The van der Waals surface area contributed by atoms with Gasteiger partial charge in [0.2, 0.25) is 0 Å². The molecule has 1 aliphatic carbocycles. The standard InChI is InChI=1S/C23H26Cl2N2O2/c1-23(2,20-8-3-16(13-26)22(21(20)25)28-10-9-24)17-4-6-19(7-5-17)29-14-15-11-18(27)12-15/h3-8,15,18H,9-12,14,27H2,1-2H3. The monoisotopic (exact) mass is 432 g/mol. The average molecular weight is 433 g/mol. The summed E-state index contributed by atoms with van der Waals surface area (Å²) in [6.07, 6.45) is 2.08. The van der Waals surface area contributed by atoms with E-state index in [-0.39, 0.29) is 12.0 Å². The highest BCUT2D eigenvalue weighted by atomic mass is 35.5. The smallest absolute Gasteiger partial charge is 0.155 e. The van der Waals surface area contributed by atoms with Crippen LogP contribution in [0.4, 0.5) is 0 Å². The molecule has 3 rings (SSSR count). The molecule has 1 fully saturated rings. The van der Waals surface area contributed by atoms with Crippen molar-refractivity contribution in [2.24, 2.45) is 11.7 Å². The maximum Gasteiger partial charge on any atom is 0.155 e. The van der Waals surface area contributed by atoms with Gasteiger partial charge in [-0.15, -0.1) is 11.6 Å². The van der Waals surface area contributed by atoms with Gasteiger partial charge in [-0.25, -0.2) is 0 Å². The lowest BCUT2D eigenvalue weighted by atomic mass is 9.77. The number of ether oxygens (including phenoxy) is 2. The molecule has 0 aliphatic heterocycles. The molecular formula is C23H26Cl2N2O2. The Bertz CT molecular complexity index is 885. The number of alkyl halides is 1. The van der Waals surface area contributed by atoms with E-state index in [0.717, 1.165) is 29.7 Å². The van der Waals surface area contributed by atoms with E-state index < -0.39 is 0 Å². The molecule has 0 unspecified atom stereocenters. The Hall–Kier alpha value is -1.93. The average Bonchev–Trinajstić information content (AvgIpc) is 2.69. The summed E-state index contributed by atoms with van der Waals surface area (Å²) in [5.41, 5.74) is 7.82. The van der Waals surface area contributed by atoms with E-state index in [9.17, 15) is 5.26 Å². The first-order valence-electron chi connectivity index (χ1n) is 9.77. The maximum atomic E-state index is 9.37. The summed E-state index contributed by atoms with van der Waals surface area (Å²) in [5, 5.41) is 9.81. The molecule has 1 saturated carbocycles. The van der Waals surface area contributed by atoms with Gasteiger partial charge in [0.15, 0.2) is 5.75 Å². The van der Waals surface area contributed by atoms with Crippen LogP contribution in [0.5, 0.6) is 11.5 Å². The first-order chi connectivity index (χ1) is 13.9. The number of benzene rings is 2. The predicted molar refractivity (Wildman–Crippen MR) is 117 cm³/mol.